The molecule has 0 bridgehead atoms. The maximum absolute atomic E-state index is 11.9. The highest BCUT2D eigenvalue weighted by atomic mass is 19.1. The zero-order chi connectivity index (χ0) is 18.7. The lowest BCUT2D eigenvalue weighted by Gasteiger charge is -2.43. The van der Waals surface area contributed by atoms with Gasteiger partial charge in [0, 0.05) is 33.0 Å². The molecule has 0 saturated heterocycles. The molecule has 1 spiro atoms. The summed E-state index contributed by atoms with van der Waals surface area (Å²) in [5, 5.41) is 0. The number of nitrogens with zero attached hydrogens (tertiary/aromatic N) is 2. The minimum absolute atomic E-state index is 0.0625. The van der Waals surface area contributed by atoms with Gasteiger partial charge in [-0.2, -0.15) is 0 Å². The van der Waals surface area contributed by atoms with E-state index in [1.165, 1.54) is 23.3 Å². The Bertz CT molecular complexity index is 803. The average molecular weight is 368 g/mol. The van der Waals surface area contributed by atoms with Crippen LogP contribution in [0.25, 0.3) is 0 Å². The van der Waals surface area contributed by atoms with E-state index in [4.69, 9.17) is 9.47 Å². The van der Waals surface area contributed by atoms with Gasteiger partial charge in [-0.25, -0.2) is 9.38 Å². The summed E-state index contributed by atoms with van der Waals surface area (Å²) in [6.45, 7) is 2.71. The molecule has 0 radical (unpaired) electrons. The standard InChI is InChI=1S/C16H20N2O2.C6H5F/c1-19-14-8-16(9-14)11-17-15(20-16)18-7-6-12-4-2-3-5-13(12)10-18;7-6-4-2-1-3-5-6/h2-5,14H,6-11H2,1H3;1-5H. The van der Waals surface area contributed by atoms with E-state index in [2.05, 4.69) is 34.2 Å². The molecule has 5 heteroatoms. The number of halogens is 1. The second-order valence-electron chi connectivity index (χ2n) is 7.39. The molecular weight excluding hydrogens is 343 g/mol. The largest absolute Gasteiger partial charge is 0.456 e. The molecule has 1 saturated carbocycles. The fourth-order valence-corrected chi connectivity index (χ4v) is 3.86. The first-order valence-corrected chi connectivity index (χ1v) is 9.46. The van der Waals surface area contributed by atoms with Crippen molar-refractivity contribution < 1.29 is 13.9 Å². The third-order valence-corrected chi connectivity index (χ3v) is 5.48. The summed E-state index contributed by atoms with van der Waals surface area (Å²) in [6, 6.07) is 17.4. The number of amidine groups is 1. The molecule has 142 valence electrons. The predicted octanol–water partition coefficient (Wildman–Crippen LogP) is 3.80. The molecule has 0 unspecified atom stereocenters. The highest BCUT2D eigenvalue weighted by molar-refractivity contribution is 5.76. The molecule has 1 aliphatic carbocycles. The summed E-state index contributed by atoms with van der Waals surface area (Å²) in [5.74, 6) is -0.178. The van der Waals surface area contributed by atoms with Crippen LogP contribution in [0.1, 0.15) is 24.0 Å². The van der Waals surface area contributed by atoms with Crippen LogP contribution in [0.15, 0.2) is 59.6 Å². The number of hydrogen-bond acceptors (Lipinski definition) is 4. The van der Waals surface area contributed by atoms with Crippen LogP contribution in [0.5, 0.6) is 0 Å². The van der Waals surface area contributed by atoms with Crippen molar-refractivity contribution in [1.82, 2.24) is 4.90 Å². The molecule has 27 heavy (non-hydrogen) atoms. The lowest BCUT2D eigenvalue weighted by atomic mass is 9.77. The van der Waals surface area contributed by atoms with E-state index in [1.54, 1.807) is 25.3 Å². The van der Waals surface area contributed by atoms with Crippen LogP contribution in [-0.4, -0.2) is 42.8 Å². The van der Waals surface area contributed by atoms with Gasteiger partial charge in [0.05, 0.1) is 12.6 Å². The van der Waals surface area contributed by atoms with Crippen molar-refractivity contribution in [3.8, 4) is 0 Å². The quantitative estimate of drug-likeness (QED) is 0.768. The van der Waals surface area contributed by atoms with Gasteiger partial charge in [0.25, 0.3) is 6.02 Å². The van der Waals surface area contributed by atoms with Crippen LogP contribution < -0.4 is 0 Å². The first-order chi connectivity index (χ1) is 13.2. The summed E-state index contributed by atoms with van der Waals surface area (Å²) < 4.78 is 23.4. The number of methoxy groups -OCH3 is 1. The van der Waals surface area contributed by atoms with Gasteiger partial charge in [0.2, 0.25) is 0 Å². The molecule has 0 amide bonds. The third-order valence-electron chi connectivity index (χ3n) is 5.48. The van der Waals surface area contributed by atoms with Gasteiger partial charge < -0.3 is 14.4 Å². The van der Waals surface area contributed by atoms with Gasteiger partial charge >= 0.3 is 0 Å². The second-order valence-corrected chi connectivity index (χ2v) is 7.39. The van der Waals surface area contributed by atoms with E-state index in [0.717, 1.165) is 44.9 Å². The average Bonchev–Trinajstić information content (AvgIpc) is 3.13. The van der Waals surface area contributed by atoms with Gasteiger partial charge in [-0.05, 0) is 29.7 Å². The summed E-state index contributed by atoms with van der Waals surface area (Å²) in [5.41, 5.74) is 2.79. The van der Waals surface area contributed by atoms with Crippen LogP contribution in [0.2, 0.25) is 0 Å². The molecule has 1 fully saturated rings. The summed E-state index contributed by atoms with van der Waals surface area (Å²) in [4.78, 5) is 6.92. The Hall–Kier alpha value is -2.40. The van der Waals surface area contributed by atoms with Gasteiger partial charge in [-0.1, -0.05) is 42.5 Å². The molecule has 3 aliphatic rings. The van der Waals surface area contributed by atoms with Crippen molar-refractivity contribution in [1.29, 1.82) is 0 Å². The normalized spacial score (nSPS) is 25.6. The fourth-order valence-electron chi connectivity index (χ4n) is 3.86. The van der Waals surface area contributed by atoms with Crippen LogP contribution >= 0.6 is 0 Å². The number of hydrogen-bond donors (Lipinski definition) is 0. The van der Waals surface area contributed by atoms with E-state index in [0.29, 0.717) is 6.10 Å². The maximum Gasteiger partial charge on any atom is 0.288 e. The topological polar surface area (TPSA) is 34.1 Å². The van der Waals surface area contributed by atoms with Crippen LogP contribution in [0.4, 0.5) is 4.39 Å². The van der Waals surface area contributed by atoms with Gasteiger partial charge in [-0.3, -0.25) is 0 Å². The Morgan fingerprint density at radius 2 is 1.78 bits per heavy atom. The van der Waals surface area contributed by atoms with Crippen molar-refractivity contribution in [2.24, 2.45) is 4.99 Å². The molecule has 0 aromatic heterocycles. The molecule has 2 aromatic rings. The van der Waals surface area contributed by atoms with E-state index < -0.39 is 0 Å². The van der Waals surface area contributed by atoms with Crippen molar-refractivity contribution in [2.75, 3.05) is 20.2 Å². The Balaban J connectivity index is 0.000000218. The van der Waals surface area contributed by atoms with E-state index in [-0.39, 0.29) is 11.4 Å². The zero-order valence-corrected chi connectivity index (χ0v) is 15.6. The van der Waals surface area contributed by atoms with Gasteiger partial charge in [0.15, 0.2) is 0 Å². The maximum atomic E-state index is 11.9. The SMILES string of the molecule is COC1CC2(CN=C(N3CCc4ccccc4C3)O2)C1.Fc1ccccc1. The summed E-state index contributed by atoms with van der Waals surface area (Å²) >= 11 is 0. The predicted molar refractivity (Wildman–Crippen MR) is 103 cm³/mol. The van der Waals surface area contributed by atoms with E-state index in [9.17, 15) is 4.39 Å². The van der Waals surface area contributed by atoms with E-state index in [1.807, 2.05) is 0 Å². The highest BCUT2D eigenvalue weighted by Crippen LogP contribution is 2.41. The molecular formula is C22H25FN2O2. The third kappa shape index (κ3) is 3.98. The van der Waals surface area contributed by atoms with Crippen LogP contribution in [0.3, 0.4) is 0 Å². The lowest BCUT2D eigenvalue weighted by Crippen LogP contribution is -2.52. The van der Waals surface area contributed by atoms with Crippen LogP contribution in [0, 0.1) is 5.82 Å². The first kappa shape index (κ1) is 18.0. The molecule has 0 N–H and O–H groups in total. The minimum atomic E-state index is -0.178. The molecule has 5 rings (SSSR count). The number of aliphatic imine (C=N–C) groups is 1. The van der Waals surface area contributed by atoms with Gasteiger partial charge in [-0.15, -0.1) is 0 Å². The van der Waals surface area contributed by atoms with Crippen molar-refractivity contribution >= 4 is 6.02 Å². The molecule has 4 nitrogen and oxygen atoms in total. The number of fused-ring (bicyclic) bond motifs is 1. The van der Waals surface area contributed by atoms with Crippen molar-refractivity contribution in [3.63, 3.8) is 0 Å². The lowest BCUT2D eigenvalue weighted by molar-refractivity contribution is -0.106. The molecule has 2 heterocycles. The number of benzene rings is 2. The molecule has 2 aromatic carbocycles. The summed E-state index contributed by atoms with van der Waals surface area (Å²) in [7, 11) is 1.77. The second kappa shape index (κ2) is 7.69. The van der Waals surface area contributed by atoms with E-state index >= 15 is 0 Å². The smallest absolute Gasteiger partial charge is 0.288 e. The Labute approximate surface area is 159 Å². The molecule has 0 atom stereocenters. The highest BCUT2D eigenvalue weighted by Gasteiger charge is 2.51. The number of rotatable bonds is 1. The monoisotopic (exact) mass is 368 g/mol. The Morgan fingerprint density at radius 1 is 1.07 bits per heavy atom. The number of ether oxygens (including phenoxy) is 2. The minimum Gasteiger partial charge on any atom is -0.456 e. The van der Waals surface area contributed by atoms with Crippen molar-refractivity contribution in [3.05, 3.63) is 71.5 Å². The zero-order valence-electron chi connectivity index (χ0n) is 15.6. The Kier molecular flexibility index (Phi) is 5.12. The first-order valence-electron chi connectivity index (χ1n) is 9.46. The van der Waals surface area contributed by atoms with Crippen LogP contribution in [-0.2, 0) is 22.4 Å². The molecule has 2 aliphatic heterocycles. The summed E-state index contributed by atoms with van der Waals surface area (Å²) in [6.07, 6.45) is 3.38. The fraction of sp³-hybridized carbons (Fsp3) is 0.409. The van der Waals surface area contributed by atoms with Gasteiger partial charge in [0.1, 0.15) is 11.4 Å². The van der Waals surface area contributed by atoms with Crippen molar-refractivity contribution in [2.45, 2.75) is 37.5 Å². The Morgan fingerprint density at radius 3 is 2.44 bits per heavy atom.